The van der Waals surface area contributed by atoms with Crippen molar-refractivity contribution in [1.82, 2.24) is 0 Å². The van der Waals surface area contributed by atoms with Gasteiger partial charge < -0.3 is 20.4 Å². The molecule has 0 aromatic carbocycles. The van der Waals surface area contributed by atoms with E-state index < -0.39 is 31.8 Å². The van der Waals surface area contributed by atoms with Crippen molar-refractivity contribution in [1.29, 1.82) is 0 Å². The summed E-state index contributed by atoms with van der Waals surface area (Å²) in [6.45, 7) is -1.62. The fourth-order valence-corrected chi connectivity index (χ4v) is 2.95. The number of aliphatic hydroxyl groups is 4. The predicted octanol–water partition coefficient (Wildman–Crippen LogP) is -0.286. The first-order chi connectivity index (χ1) is 6.74. The van der Waals surface area contributed by atoms with Crippen molar-refractivity contribution >= 4 is 21.6 Å². The second-order valence-corrected chi connectivity index (χ2v) is 5.83. The van der Waals surface area contributed by atoms with Crippen LogP contribution in [0.2, 0.25) is 0 Å². The lowest BCUT2D eigenvalue weighted by Gasteiger charge is -2.23. The van der Waals surface area contributed by atoms with E-state index in [1.807, 2.05) is 21.6 Å². The molecule has 1 rings (SSSR count). The molecule has 0 aromatic heterocycles. The van der Waals surface area contributed by atoms with Crippen molar-refractivity contribution in [2.75, 3.05) is 37.9 Å². The monoisotopic (exact) mass is 242 g/mol. The molecule has 1 fully saturated rings. The summed E-state index contributed by atoms with van der Waals surface area (Å²) in [5.74, 6) is 2.76. The summed E-state index contributed by atoms with van der Waals surface area (Å²) in [6.07, 6.45) is 1.43. The van der Waals surface area contributed by atoms with Gasteiger partial charge >= 0.3 is 0 Å². The van der Waals surface area contributed by atoms with Gasteiger partial charge in [0.05, 0.1) is 31.8 Å². The van der Waals surface area contributed by atoms with E-state index in [1.54, 1.807) is 0 Å². The zero-order valence-electron chi connectivity index (χ0n) is 8.06. The quantitative estimate of drug-likeness (QED) is 0.508. The number of aliphatic hydroxyl groups excluding tert-OH is 4. The van der Waals surface area contributed by atoms with Crippen LogP contribution in [0.3, 0.4) is 0 Å². The van der Waals surface area contributed by atoms with Crippen LogP contribution in [0.25, 0.3) is 0 Å². The Bertz CT molecular complexity index is 101. The molecule has 14 heavy (non-hydrogen) atoms. The van der Waals surface area contributed by atoms with Gasteiger partial charge in [-0.1, -0.05) is 21.6 Å². The first kappa shape index (κ1) is 14.5. The van der Waals surface area contributed by atoms with Crippen LogP contribution in [0.4, 0.5) is 0 Å². The summed E-state index contributed by atoms with van der Waals surface area (Å²) in [7, 11) is 3.98. The molecular weight excluding hydrogens is 224 g/mol. The fraction of sp³-hybridized carbons (Fsp3) is 1.00. The van der Waals surface area contributed by atoms with E-state index >= 15 is 0 Å². The van der Waals surface area contributed by atoms with Crippen molar-refractivity contribution in [2.24, 2.45) is 5.41 Å². The van der Waals surface area contributed by atoms with Crippen LogP contribution < -0.4 is 0 Å². The lowest BCUT2D eigenvalue weighted by atomic mass is 9.93. The minimum Gasteiger partial charge on any atom is -0.396 e. The smallest absolute Gasteiger partial charge is 0.0627 e. The molecule has 1 aliphatic rings. The van der Waals surface area contributed by atoms with Gasteiger partial charge in [-0.2, -0.15) is 0 Å². The molecule has 0 spiro atoms. The third-order valence-electron chi connectivity index (χ3n) is 1.88. The lowest BCUT2D eigenvalue weighted by Crippen LogP contribution is -2.37. The minimum absolute atomic E-state index is 0.406. The van der Waals surface area contributed by atoms with Gasteiger partial charge in [0, 0.05) is 11.5 Å². The van der Waals surface area contributed by atoms with Crippen LogP contribution in [-0.4, -0.2) is 58.4 Å². The predicted molar refractivity (Wildman–Crippen MR) is 60.3 cm³/mol. The molecule has 0 aromatic rings. The molecule has 0 amide bonds. The van der Waals surface area contributed by atoms with Gasteiger partial charge in [0.15, 0.2) is 0 Å². The van der Waals surface area contributed by atoms with Crippen molar-refractivity contribution < 1.29 is 20.4 Å². The summed E-state index contributed by atoms with van der Waals surface area (Å²) >= 11 is 0. The number of hydrogen-bond donors (Lipinski definition) is 4. The maximum atomic E-state index is 8.50. The molecule has 0 unspecified atom stereocenters. The first-order valence-corrected chi connectivity index (χ1v) is 6.91. The van der Waals surface area contributed by atoms with Gasteiger partial charge in [-0.15, -0.1) is 0 Å². The van der Waals surface area contributed by atoms with Crippen LogP contribution >= 0.6 is 21.6 Å². The number of rotatable bonds is 4. The SMILES string of the molecule is C1CSSC1.OCC(CO)(CO)CO. The van der Waals surface area contributed by atoms with Crippen molar-refractivity contribution in [3.8, 4) is 0 Å². The van der Waals surface area contributed by atoms with E-state index in [-0.39, 0.29) is 0 Å². The first-order valence-electron chi connectivity index (χ1n) is 4.42. The average molecular weight is 242 g/mol. The highest BCUT2D eigenvalue weighted by Gasteiger charge is 2.26. The maximum absolute atomic E-state index is 8.50. The highest BCUT2D eigenvalue weighted by molar-refractivity contribution is 8.77. The molecule has 0 atom stereocenters. The summed E-state index contributed by atoms with van der Waals surface area (Å²) in [5.41, 5.74) is -1.11. The van der Waals surface area contributed by atoms with Crippen LogP contribution in [0.15, 0.2) is 0 Å². The van der Waals surface area contributed by atoms with Gasteiger partial charge in [0.25, 0.3) is 0 Å². The molecule has 1 heterocycles. The van der Waals surface area contributed by atoms with E-state index in [2.05, 4.69) is 0 Å². The van der Waals surface area contributed by atoms with Crippen LogP contribution in [0.1, 0.15) is 6.42 Å². The second kappa shape index (κ2) is 8.82. The standard InChI is InChI=1S/C5H12O4.C3H6S2/c6-1-5(2-7,3-8)4-9;1-2-4-5-3-1/h6-9H,1-4H2;1-3H2. The zero-order chi connectivity index (χ0) is 10.9. The Morgan fingerprint density at radius 2 is 1.14 bits per heavy atom. The summed E-state index contributed by atoms with van der Waals surface area (Å²) in [4.78, 5) is 0. The average Bonchev–Trinajstić information content (AvgIpc) is 2.80. The second-order valence-electron chi connectivity index (χ2n) is 3.13. The Kier molecular flexibility index (Phi) is 9.16. The van der Waals surface area contributed by atoms with Crippen LogP contribution in [-0.2, 0) is 0 Å². The highest BCUT2D eigenvalue weighted by atomic mass is 33.1. The van der Waals surface area contributed by atoms with Crippen LogP contribution in [0.5, 0.6) is 0 Å². The lowest BCUT2D eigenvalue weighted by molar-refractivity contribution is -0.0328. The molecule has 4 nitrogen and oxygen atoms in total. The van der Waals surface area contributed by atoms with E-state index in [9.17, 15) is 0 Å². The molecule has 0 radical (unpaired) electrons. The van der Waals surface area contributed by atoms with E-state index in [0.717, 1.165) is 0 Å². The largest absolute Gasteiger partial charge is 0.396 e. The molecule has 4 N–H and O–H groups in total. The van der Waals surface area contributed by atoms with E-state index in [4.69, 9.17) is 20.4 Å². The molecule has 1 saturated heterocycles. The third-order valence-corrected chi connectivity index (χ3v) is 4.46. The molecule has 86 valence electrons. The number of hydrogen-bond acceptors (Lipinski definition) is 6. The Hall–Kier alpha value is 0.540. The van der Waals surface area contributed by atoms with Crippen molar-refractivity contribution in [3.05, 3.63) is 0 Å². The molecule has 6 heteroatoms. The van der Waals surface area contributed by atoms with Crippen LogP contribution in [0, 0.1) is 5.41 Å². The Morgan fingerprint density at radius 3 is 1.21 bits per heavy atom. The summed E-state index contributed by atoms with van der Waals surface area (Å²) < 4.78 is 0. The topological polar surface area (TPSA) is 80.9 Å². The maximum Gasteiger partial charge on any atom is 0.0627 e. The normalized spacial score (nSPS) is 16.3. The van der Waals surface area contributed by atoms with Gasteiger partial charge in [0.2, 0.25) is 0 Å². The molecule has 1 aliphatic heterocycles. The molecular formula is C8H18O4S2. The van der Waals surface area contributed by atoms with Gasteiger partial charge in [-0.05, 0) is 6.42 Å². The van der Waals surface area contributed by atoms with Gasteiger partial charge in [-0.3, -0.25) is 0 Å². The summed E-state index contributed by atoms with van der Waals surface area (Å²) in [6, 6.07) is 0. The molecule has 0 saturated carbocycles. The molecule has 0 bridgehead atoms. The fourth-order valence-electron chi connectivity index (χ4n) is 0.595. The molecule has 0 aliphatic carbocycles. The van der Waals surface area contributed by atoms with E-state index in [1.165, 1.54) is 17.9 Å². The minimum atomic E-state index is -1.11. The third kappa shape index (κ3) is 5.43. The van der Waals surface area contributed by atoms with Gasteiger partial charge in [0.1, 0.15) is 0 Å². The van der Waals surface area contributed by atoms with E-state index in [0.29, 0.717) is 0 Å². The Balaban J connectivity index is 0.000000280. The summed E-state index contributed by atoms with van der Waals surface area (Å²) in [5, 5.41) is 34.0. The Labute approximate surface area is 92.1 Å². The van der Waals surface area contributed by atoms with Crippen molar-refractivity contribution in [2.45, 2.75) is 6.42 Å². The van der Waals surface area contributed by atoms with Gasteiger partial charge in [-0.25, -0.2) is 0 Å². The zero-order valence-corrected chi connectivity index (χ0v) is 9.69. The highest BCUT2D eigenvalue weighted by Crippen LogP contribution is 2.29. The van der Waals surface area contributed by atoms with Crippen molar-refractivity contribution in [3.63, 3.8) is 0 Å². The Morgan fingerprint density at radius 1 is 0.786 bits per heavy atom.